The molecule has 2 amide bonds. The molecular formula is C21H28N4O7S2. The molecule has 186 valence electrons. The zero-order chi connectivity index (χ0) is 24.7. The number of carbonyl (C=O) groups excluding carboxylic acids is 2. The van der Waals surface area contributed by atoms with Crippen LogP contribution in [0.25, 0.3) is 0 Å². The molecule has 0 saturated carbocycles. The van der Waals surface area contributed by atoms with Crippen molar-refractivity contribution >= 4 is 38.5 Å². The quantitative estimate of drug-likeness (QED) is 0.511. The number of rotatable bonds is 10. The Morgan fingerprint density at radius 1 is 1.12 bits per heavy atom. The Labute approximate surface area is 202 Å². The number of methoxy groups -OCH3 is 3. The van der Waals surface area contributed by atoms with Gasteiger partial charge in [0, 0.05) is 50.7 Å². The van der Waals surface area contributed by atoms with Crippen LogP contribution in [-0.2, 0) is 37.2 Å². The Hall–Kier alpha value is -2.58. The number of hydrogen-bond acceptors (Lipinski definition) is 9. The number of benzene rings is 1. The number of anilines is 1. The minimum Gasteiger partial charge on any atom is -0.453 e. The highest BCUT2D eigenvalue weighted by molar-refractivity contribution is 7.89. The number of amides is 2. The number of carbonyl (C=O) groups is 2. The lowest BCUT2D eigenvalue weighted by molar-refractivity contribution is 0.102. The Morgan fingerprint density at radius 2 is 1.76 bits per heavy atom. The van der Waals surface area contributed by atoms with Crippen LogP contribution < -0.4 is 5.32 Å². The van der Waals surface area contributed by atoms with E-state index in [0.717, 1.165) is 10.6 Å². The highest BCUT2D eigenvalue weighted by Crippen LogP contribution is 2.29. The van der Waals surface area contributed by atoms with Crippen LogP contribution in [0.2, 0.25) is 0 Å². The van der Waals surface area contributed by atoms with Gasteiger partial charge in [0.2, 0.25) is 10.0 Å². The maximum absolute atomic E-state index is 13.0. The van der Waals surface area contributed by atoms with Crippen LogP contribution in [0, 0.1) is 0 Å². The summed E-state index contributed by atoms with van der Waals surface area (Å²) in [6.45, 7) is 1.75. The second-order valence-electron chi connectivity index (χ2n) is 7.40. The summed E-state index contributed by atoms with van der Waals surface area (Å²) in [5.74, 6) is -0.407. The number of nitrogens with one attached hydrogen (secondary N) is 1. The Balaban J connectivity index is 1.68. The minimum absolute atomic E-state index is 0.0730. The highest BCUT2D eigenvalue weighted by Gasteiger charge is 2.26. The third-order valence-corrected chi connectivity index (χ3v) is 8.14. The molecule has 0 bridgehead atoms. The molecule has 0 saturated heterocycles. The average molecular weight is 513 g/mol. The summed E-state index contributed by atoms with van der Waals surface area (Å²) in [7, 11) is 0.567. The first-order valence-electron chi connectivity index (χ1n) is 10.5. The average Bonchev–Trinajstić information content (AvgIpc) is 3.24. The van der Waals surface area contributed by atoms with E-state index in [1.165, 1.54) is 61.2 Å². The molecule has 0 radical (unpaired) electrons. The lowest BCUT2D eigenvalue weighted by atomic mass is 10.2. The van der Waals surface area contributed by atoms with Gasteiger partial charge >= 0.3 is 6.09 Å². The number of nitrogens with zero attached hydrogens (tertiary/aromatic N) is 3. The molecule has 0 atom stereocenters. The number of fused-ring (bicyclic) bond motifs is 1. The van der Waals surface area contributed by atoms with Gasteiger partial charge in [-0.25, -0.2) is 18.2 Å². The molecule has 11 nitrogen and oxygen atoms in total. The molecule has 0 unspecified atom stereocenters. The van der Waals surface area contributed by atoms with Crippen molar-refractivity contribution in [2.75, 3.05) is 59.5 Å². The van der Waals surface area contributed by atoms with Gasteiger partial charge in [-0.05, 0) is 24.3 Å². The minimum atomic E-state index is -3.77. The summed E-state index contributed by atoms with van der Waals surface area (Å²) in [6, 6.07) is 5.72. The van der Waals surface area contributed by atoms with Crippen LogP contribution in [0.15, 0.2) is 29.2 Å². The van der Waals surface area contributed by atoms with Crippen LogP contribution in [0.4, 0.5) is 9.93 Å². The molecule has 3 rings (SSSR count). The van der Waals surface area contributed by atoms with Crippen LogP contribution in [-0.4, -0.2) is 88.8 Å². The molecule has 2 aromatic rings. The first kappa shape index (κ1) is 26.0. The smallest absolute Gasteiger partial charge is 0.409 e. The van der Waals surface area contributed by atoms with E-state index in [2.05, 4.69) is 10.3 Å². The summed E-state index contributed by atoms with van der Waals surface area (Å²) in [6.07, 6.45) is 0.175. The number of thiazole rings is 1. The molecule has 1 aliphatic heterocycles. The van der Waals surface area contributed by atoms with Gasteiger partial charge in [-0.1, -0.05) is 11.3 Å². The standard InChI is InChI=1S/C21H28N4O7S2/c1-30-12-10-25(11-13-31-2)34(28,29)16-6-4-15(5-7-16)19(26)23-20-22-17-8-9-24(21(27)32-3)14-18(17)33-20/h4-7H,8-14H2,1-3H3,(H,22,23,26). The maximum atomic E-state index is 13.0. The van der Waals surface area contributed by atoms with Crippen LogP contribution in [0.5, 0.6) is 0 Å². The summed E-state index contributed by atoms with van der Waals surface area (Å²) in [4.78, 5) is 31.4. The van der Waals surface area contributed by atoms with E-state index in [-0.39, 0.29) is 31.2 Å². The fourth-order valence-electron chi connectivity index (χ4n) is 3.37. The van der Waals surface area contributed by atoms with Crippen molar-refractivity contribution in [1.29, 1.82) is 0 Å². The van der Waals surface area contributed by atoms with Gasteiger partial charge in [-0.3, -0.25) is 10.1 Å². The van der Waals surface area contributed by atoms with Crippen molar-refractivity contribution in [2.45, 2.75) is 17.9 Å². The summed E-state index contributed by atoms with van der Waals surface area (Å²) >= 11 is 1.30. The van der Waals surface area contributed by atoms with Gasteiger partial charge in [0.1, 0.15) is 0 Å². The summed E-state index contributed by atoms with van der Waals surface area (Å²) in [5, 5.41) is 3.17. The first-order valence-corrected chi connectivity index (χ1v) is 12.8. The largest absolute Gasteiger partial charge is 0.453 e. The molecule has 0 fully saturated rings. The lowest BCUT2D eigenvalue weighted by Crippen LogP contribution is -2.36. The third-order valence-electron chi connectivity index (χ3n) is 5.23. The van der Waals surface area contributed by atoms with Gasteiger partial charge < -0.3 is 19.1 Å². The zero-order valence-corrected chi connectivity index (χ0v) is 20.9. The summed E-state index contributed by atoms with van der Waals surface area (Å²) < 4.78 is 42.1. The molecule has 1 aromatic heterocycles. The summed E-state index contributed by atoms with van der Waals surface area (Å²) in [5.41, 5.74) is 1.14. The fourth-order valence-corrected chi connectivity index (χ4v) is 5.80. The van der Waals surface area contributed by atoms with Crippen LogP contribution in [0.1, 0.15) is 20.9 Å². The van der Waals surface area contributed by atoms with Crippen molar-refractivity contribution in [3.05, 3.63) is 40.4 Å². The molecule has 34 heavy (non-hydrogen) atoms. The zero-order valence-electron chi connectivity index (χ0n) is 19.3. The predicted molar refractivity (Wildman–Crippen MR) is 126 cm³/mol. The van der Waals surface area contributed by atoms with E-state index in [4.69, 9.17) is 14.2 Å². The molecule has 1 aromatic carbocycles. The topological polar surface area (TPSA) is 127 Å². The Kier molecular flexibility index (Phi) is 8.97. The lowest BCUT2D eigenvalue weighted by Gasteiger charge is -2.24. The van der Waals surface area contributed by atoms with E-state index < -0.39 is 22.0 Å². The number of ether oxygens (including phenoxy) is 3. The van der Waals surface area contributed by atoms with Gasteiger partial charge in [0.05, 0.1) is 37.5 Å². The van der Waals surface area contributed by atoms with Crippen LogP contribution >= 0.6 is 11.3 Å². The highest BCUT2D eigenvalue weighted by atomic mass is 32.2. The molecule has 13 heteroatoms. The first-order chi connectivity index (χ1) is 16.3. The Bertz CT molecular complexity index is 1090. The molecule has 0 aliphatic carbocycles. The second-order valence-corrected chi connectivity index (χ2v) is 10.4. The molecule has 0 spiro atoms. The van der Waals surface area contributed by atoms with Crippen LogP contribution in [0.3, 0.4) is 0 Å². The molecule has 1 N–H and O–H groups in total. The monoisotopic (exact) mass is 512 g/mol. The van der Waals surface area contributed by atoms with Gasteiger partial charge in [-0.15, -0.1) is 0 Å². The van der Waals surface area contributed by atoms with E-state index in [9.17, 15) is 18.0 Å². The van der Waals surface area contributed by atoms with Crippen molar-refractivity contribution in [3.63, 3.8) is 0 Å². The van der Waals surface area contributed by atoms with Crippen molar-refractivity contribution in [2.24, 2.45) is 0 Å². The van der Waals surface area contributed by atoms with Crippen molar-refractivity contribution in [1.82, 2.24) is 14.2 Å². The third kappa shape index (κ3) is 6.10. The predicted octanol–water partition coefficient (Wildman–Crippen LogP) is 1.80. The normalized spacial score (nSPS) is 13.6. The molecule has 1 aliphatic rings. The number of hydrogen-bond donors (Lipinski definition) is 1. The fraction of sp³-hybridized carbons (Fsp3) is 0.476. The molecule has 2 heterocycles. The van der Waals surface area contributed by atoms with Gasteiger partial charge in [0.15, 0.2) is 5.13 Å². The van der Waals surface area contributed by atoms with E-state index >= 15 is 0 Å². The van der Waals surface area contributed by atoms with Gasteiger partial charge in [0.25, 0.3) is 5.91 Å². The van der Waals surface area contributed by atoms with E-state index in [1.54, 1.807) is 4.90 Å². The second kappa shape index (κ2) is 11.7. The van der Waals surface area contributed by atoms with E-state index in [1.807, 2.05) is 0 Å². The van der Waals surface area contributed by atoms with E-state index in [0.29, 0.717) is 30.2 Å². The SMILES string of the molecule is COCCN(CCOC)S(=O)(=O)c1ccc(C(=O)Nc2nc3c(s2)CN(C(=O)OC)CC3)cc1. The number of sulfonamides is 1. The van der Waals surface area contributed by atoms with Gasteiger partial charge in [-0.2, -0.15) is 4.31 Å². The Morgan fingerprint density at radius 3 is 2.35 bits per heavy atom. The van der Waals surface area contributed by atoms with Crippen molar-refractivity contribution in [3.8, 4) is 0 Å². The van der Waals surface area contributed by atoms with Crippen molar-refractivity contribution < 1.29 is 32.2 Å². The number of aromatic nitrogens is 1. The maximum Gasteiger partial charge on any atom is 0.409 e. The molecular weight excluding hydrogens is 484 g/mol.